The Hall–Kier alpha value is -1.33. The second-order valence-electron chi connectivity index (χ2n) is 4.58. The molecule has 0 aliphatic carbocycles. The molecule has 0 saturated heterocycles. The molecule has 1 unspecified atom stereocenters. The van der Waals surface area contributed by atoms with Gasteiger partial charge in [-0.1, -0.05) is 6.07 Å². The third-order valence-electron chi connectivity index (χ3n) is 2.72. The highest BCUT2D eigenvalue weighted by Crippen LogP contribution is 2.30. The Labute approximate surface area is 121 Å². The zero-order valence-corrected chi connectivity index (χ0v) is 12.7. The van der Waals surface area contributed by atoms with Crippen LogP contribution in [0.2, 0.25) is 0 Å². The van der Waals surface area contributed by atoms with Gasteiger partial charge in [0.15, 0.2) is 5.75 Å². The summed E-state index contributed by atoms with van der Waals surface area (Å²) in [7, 11) is 0. The number of halogens is 1. The van der Waals surface area contributed by atoms with Gasteiger partial charge in [-0.15, -0.1) is 0 Å². The van der Waals surface area contributed by atoms with Crippen LogP contribution in [0.3, 0.4) is 0 Å². The number of hydrogen-bond donors (Lipinski definition) is 1. The number of nitrogens with zero attached hydrogens (tertiary/aromatic N) is 2. The van der Waals surface area contributed by atoms with Crippen LogP contribution in [0.5, 0.6) is 11.5 Å². The van der Waals surface area contributed by atoms with Crippen molar-refractivity contribution in [3.8, 4) is 11.5 Å². The molecule has 0 aliphatic rings. The van der Waals surface area contributed by atoms with Gasteiger partial charge in [-0.2, -0.15) is 5.10 Å². The van der Waals surface area contributed by atoms with E-state index < -0.39 is 0 Å². The highest BCUT2D eigenvalue weighted by atomic mass is 79.9. The van der Waals surface area contributed by atoms with Crippen LogP contribution in [0.1, 0.15) is 19.4 Å². The lowest BCUT2D eigenvalue weighted by atomic mass is 10.1. The van der Waals surface area contributed by atoms with Crippen LogP contribution in [-0.4, -0.2) is 15.8 Å². The molecule has 1 aromatic carbocycles. The minimum absolute atomic E-state index is 0.154. The van der Waals surface area contributed by atoms with Crippen LogP contribution in [0.4, 0.5) is 0 Å². The molecule has 0 saturated carbocycles. The van der Waals surface area contributed by atoms with Gasteiger partial charge >= 0.3 is 0 Å². The summed E-state index contributed by atoms with van der Waals surface area (Å²) in [5.41, 5.74) is 6.99. The third-order valence-corrected chi connectivity index (χ3v) is 3.34. The predicted molar refractivity (Wildman–Crippen MR) is 79.5 cm³/mol. The van der Waals surface area contributed by atoms with Crippen molar-refractivity contribution in [2.24, 2.45) is 5.73 Å². The van der Waals surface area contributed by atoms with Crippen molar-refractivity contribution in [1.29, 1.82) is 0 Å². The van der Waals surface area contributed by atoms with E-state index in [1.807, 2.05) is 42.9 Å². The zero-order valence-electron chi connectivity index (χ0n) is 11.1. The number of benzene rings is 1. The molecule has 1 aromatic heterocycles. The van der Waals surface area contributed by atoms with Crippen molar-refractivity contribution in [2.45, 2.75) is 32.9 Å². The van der Waals surface area contributed by atoms with Crippen LogP contribution in [-0.2, 0) is 13.0 Å². The second-order valence-corrected chi connectivity index (χ2v) is 5.43. The van der Waals surface area contributed by atoms with E-state index in [0.29, 0.717) is 0 Å². The minimum Gasteiger partial charge on any atom is -0.453 e. The Morgan fingerprint density at radius 2 is 2.26 bits per heavy atom. The number of aryl methyl sites for hydroxylation is 1. The lowest BCUT2D eigenvalue weighted by Gasteiger charge is -2.09. The number of ether oxygens (including phenoxy) is 1. The molecular formula is C14H18BrN3O. The molecule has 19 heavy (non-hydrogen) atoms. The van der Waals surface area contributed by atoms with E-state index in [2.05, 4.69) is 21.0 Å². The van der Waals surface area contributed by atoms with Gasteiger partial charge in [0, 0.05) is 12.6 Å². The van der Waals surface area contributed by atoms with Crippen molar-refractivity contribution in [3.63, 3.8) is 0 Å². The van der Waals surface area contributed by atoms with Crippen LogP contribution in [0.25, 0.3) is 0 Å². The largest absolute Gasteiger partial charge is 0.453 e. The molecule has 0 radical (unpaired) electrons. The normalized spacial score (nSPS) is 12.4. The standard InChI is InChI=1S/C14H18BrN3O/c1-3-18-9-12(8-17-18)19-14-5-4-11(6-10(2)16)7-13(14)15/h4-5,7-10H,3,6,16H2,1-2H3. The summed E-state index contributed by atoms with van der Waals surface area (Å²) < 4.78 is 8.54. The summed E-state index contributed by atoms with van der Waals surface area (Å²) in [6.07, 6.45) is 4.45. The van der Waals surface area contributed by atoms with Gasteiger partial charge in [-0.25, -0.2) is 0 Å². The molecule has 2 rings (SSSR count). The summed E-state index contributed by atoms with van der Waals surface area (Å²) in [6.45, 7) is 4.87. The SMILES string of the molecule is CCn1cc(Oc2ccc(CC(C)N)cc2Br)cn1. The molecule has 0 amide bonds. The summed E-state index contributed by atoms with van der Waals surface area (Å²) in [5, 5.41) is 4.18. The van der Waals surface area contributed by atoms with Crippen LogP contribution in [0, 0.1) is 0 Å². The second kappa shape index (κ2) is 6.21. The summed E-state index contributed by atoms with van der Waals surface area (Å²) in [6, 6.07) is 6.18. The quantitative estimate of drug-likeness (QED) is 0.918. The number of rotatable bonds is 5. The average molecular weight is 324 g/mol. The number of nitrogens with two attached hydrogens (primary N) is 1. The molecule has 1 atom stereocenters. The molecule has 2 aromatic rings. The average Bonchev–Trinajstić information content (AvgIpc) is 2.80. The van der Waals surface area contributed by atoms with E-state index in [9.17, 15) is 0 Å². The fraction of sp³-hybridized carbons (Fsp3) is 0.357. The monoisotopic (exact) mass is 323 g/mol. The first-order chi connectivity index (χ1) is 9.08. The lowest BCUT2D eigenvalue weighted by molar-refractivity contribution is 0.478. The Morgan fingerprint density at radius 3 is 2.84 bits per heavy atom. The van der Waals surface area contributed by atoms with Crippen molar-refractivity contribution in [3.05, 3.63) is 40.6 Å². The molecule has 4 nitrogen and oxygen atoms in total. The molecule has 0 aliphatic heterocycles. The first-order valence-electron chi connectivity index (χ1n) is 6.32. The predicted octanol–water partition coefficient (Wildman–Crippen LogP) is 3.35. The summed E-state index contributed by atoms with van der Waals surface area (Å²) in [5.74, 6) is 1.52. The smallest absolute Gasteiger partial charge is 0.165 e. The van der Waals surface area contributed by atoms with E-state index in [1.165, 1.54) is 5.56 Å². The number of hydrogen-bond acceptors (Lipinski definition) is 3. The fourth-order valence-corrected chi connectivity index (χ4v) is 2.33. The van der Waals surface area contributed by atoms with Gasteiger partial charge in [0.1, 0.15) is 5.75 Å². The highest BCUT2D eigenvalue weighted by molar-refractivity contribution is 9.10. The highest BCUT2D eigenvalue weighted by Gasteiger charge is 2.07. The molecular weight excluding hydrogens is 306 g/mol. The first-order valence-corrected chi connectivity index (χ1v) is 7.12. The van der Waals surface area contributed by atoms with Crippen LogP contribution < -0.4 is 10.5 Å². The minimum atomic E-state index is 0.154. The zero-order chi connectivity index (χ0) is 13.8. The van der Waals surface area contributed by atoms with Crippen LogP contribution >= 0.6 is 15.9 Å². The molecule has 2 N–H and O–H groups in total. The first kappa shape index (κ1) is 14.1. The Morgan fingerprint density at radius 1 is 1.47 bits per heavy atom. The Bertz CT molecular complexity index is 551. The molecule has 0 fully saturated rings. The third kappa shape index (κ3) is 3.81. The fourth-order valence-electron chi connectivity index (χ4n) is 1.82. The number of aromatic nitrogens is 2. The molecule has 5 heteroatoms. The van der Waals surface area contributed by atoms with Crippen molar-refractivity contribution in [2.75, 3.05) is 0 Å². The van der Waals surface area contributed by atoms with Crippen molar-refractivity contribution < 1.29 is 4.74 Å². The molecule has 0 spiro atoms. The maximum Gasteiger partial charge on any atom is 0.165 e. The van der Waals surface area contributed by atoms with E-state index in [0.717, 1.165) is 28.9 Å². The lowest BCUT2D eigenvalue weighted by Crippen LogP contribution is -2.17. The topological polar surface area (TPSA) is 53.1 Å². The van der Waals surface area contributed by atoms with E-state index in [1.54, 1.807) is 6.20 Å². The summed E-state index contributed by atoms with van der Waals surface area (Å²) >= 11 is 3.53. The maximum absolute atomic E-state index is 5.80. The Kier molecular flexibility index (Phi) is 4.61. The van der Waals surface area contributed by atoms with Gasteiger partial charge in [0.2, 0.25) is 0 Å². The van der Waals surface area contributed by atoms with E-state index in [-0.39, 0.29) is 6.04 Å². The van der Waals surface area contributed by atoms with Gasteiger partial charge in [0.05, 0.1) is 16.9 Å². The molecule has 0 bridgehead atoms. The molecule has 102 valence electrons. The molecule has 1 heterocycles. The van der Waals surface area contributed by atoms with Gasteiger partial charge in [-0.3, -0.25) is 4.68 Å². The van der Waals surface area contributed by atoms with Gasteiger partial charge in [0.25, 0.3) is 0 Å². The van der Waals surface area contributed by atoms with Crippen molar-refractivity contribution in [1.82, 2.24) is 9.78 Å². The van der Waals surface area contributed by atoms with E-state index in [4.69, 9.17) is 10.5 Å². The summed E-state index contributed by atoms with van der Waals surface area (Å²) in [4.78, 5) is 0. The Balaban J connectivity index is 2.12. The van der Waals surface area contributed by atoms with Gasteiger partial charge in [-0.05, 0) is 53.9 Å². The van der Waals surface area contributed by atoms with Crippen molar-refractivity contribution >= 4 is 15.9 Å². The van der Waals surface area contributed by atoms with E-state index >= 15 is 0 Å². The maximum atomic E-state index is 5.80. The van der Waals surface area contributed by atoms with Crippen LogP contribution in [0.15, 0.2) is 35.1 Å². The van der Waals surface area contributed by atoms with Gasteiger partial charge < -0.3 is 10.5 Å².